The summed E-state index contributed by atoms with van der Waals surface area (Å²) in [6, 6.07) is 5.11. The zero-order valence-corrected chi connectivity index (χ0v) is 10.4. The van der Waals surface area contributed by atoms with Gasteiger partial charge in [-0.15, -0.1) is 0 Å². The molecule has 0 fully saturated rings. The third kappa shape index (κ3) is 2.83. The Labute approximate surface area is 108 Å². The normalized spacial score (nSPS) is 11.4. The van der Waals surface area contributed by atoms with Crippen molar-refractivity contribution in [1.82, 2.24) is 9.97 Å². The highest BCUT2D eigenvalue weighted by Gasteiger charge is 2.30. The molecule has 0 atom stereocenters. The minimum atomic E-state index is -4.36. The van der Waals surface area contributed by atoms with Gasteiger partial charge < -0.3 is 5.32 Å². The number of hydrogen-bond acceptors (Lipinski definition) is 3. The van der Waals surface area contributed by atoms with Crippen molar-refractivity contribution in [1.29, 1.82) is 0 Å². The molecule has 19 heavy (non-hydrogen) atoms. The van der Waals surface area contributed by atoms with Crippen LogP contribution in [0.5, 0.6) is 0 Å². The average molecular weight is 267 g/mol. The van der Waals surface area contributed by atoms with Gasteiger partial charge in [0, 0.05) is 18.8 Å². The largest absolute Gasteiger partial charge is 0.416 e. The number of alkyl halides is 3. The molecule has 0 amide bonds. The maximum absolute atomic E-state index is 12.7. The lowest BCUT2D eigenvalue weighted by atomic mass is 10.0. The van der Waals surface area contributed by atoms with Gasteiger partial charge >= 0.3 is 6.18 Å². The molecule has 2 aromatic rings. The second kappa shape index (κ2) is 4.87. The number of aromatic nitrogens is 2. The third-order valence-corrected chi connectivity index (χ3v) is 2.66. The van der Waals surface area contributed by atoms with Crippen LogP contribution >= 0.6 is 0 Å². The molecule has 6 heteroatoms. The molecule has 0 unspecified atom stereocenters. The number of rotatable bonds is 2. The van der Waals surface area contributed by atoms with Gasteiger partial charge in [0.15, 0.2) is 0 Å². The number of anilines is 1. The Bertz CT molecular complexity index is 594. The molecule has 2 rings (SSSR count). The van der Waals surface area contributed by atoms with Crippen LogP contribution in [0.3, 0.4) is 0 Å². The van der Waals surface area contributed by atoms with E-state index >= 15 is 0 Å². The van der Waals surface area contributed by atoms with E-state index in [0.29, 0.717) is 17.2 Å². The first-order valence-electron chi connectivity index (χ1n) is 5.61. The molecular formula is C13H12F3N3. The van der Waals surface area contributed by atoms with Crippen LogP contribution in [0.15, 0.2) is 30.5 Å². The van der Waals surface area contributed by atoms with E-state index in [-0.39, 0.29) is 0 Å². The molecule has 0 aliphatic heterocycles. The molecule has 0 spiro atoms. The molecule has 0 saturated carbocycles. The van der Waals surface area contributed by atoms with Crippen LogP contribution < -0.4 is 5.32 Å². The Kier molecular flexibility index (Phi) is 3.42. The Morgan fingerprint density at radius 1 is 1.21 bits per heavy atom. The summed E-state index contributed by atoms with van der Waals surface area (Å²) in [6.07, 6.45) is -2.78. The van der Waals surface area contributed by atoms with E-state index in [2.05, 4.69) is 15.3 Å². The smallest absolute Gasteiger partial charge is 0.357 e. The minimum Gasteiger partial charge on any atom is -0.357 e. The topological polar surface area (TPSA) is 37.8 Å². The number of benzene rings is 1. The second-order valence-electron chi connectivity index (χ2n) is 4.05. The summed E-state index contributed by atoms with van der Waals surface area (Å²) in [5.41, 5.74) is 0.948. The van der Waals surface area contributed by atoms with E-state index < -0.39 is 11.7 Å². The van der Waals surface area contributed by atoms with E-state index in [1.165, 1.54) is 6.07 Å². The Hall–Kier alpha value is -2.11. The van der Waals surface area contributed by atoms with Crippen LogP contribution in [-0.4, -0.2) is 17.0 Å². The summed E-state index contributed by atoms with van der Waals surface area (Å²) in [5.74, 6) is 0.373. The monoisotopic (exact) mass is 267 g/mol. The van der Waals surface area contributed by atoms with Gasteiger partial charge in [-0.3, -0.25) is 0 Å². The lowest BCUT2D eigenvalue weighted by Crippen LogP contribution is -2.05. The predicted octanol–water partition coefficient (Wildman–Crippen LogP) is 3.51. The van der Waals surface area contributed by atoms with Crippen molar-refractivity contribution in [2.45, 2.75) is 13.1 Å². The molecule has 1 heterocycles. The summed E-state index contributed by atoms with van der Waals surface area (Å²) >= 11 is 0. The van der Waals surface area contributed by atoms with Gasteiger partial charge in [0.25, 0.3) is 0 Å². The molecule has 100 valence electrons. The highest BCUT2D eigenvalue weighted by Crippen LogP contribution is 2.32. The Balaban J connectivity index is 2.53. The fourth-order valence-electron chi connectivity index (χ4n) is 1.70. The van der Waals surface area contributed by atoms with Crippen LogP contribution in [0.4, 0.5) is 19.1 Å². The number of nitrogens with one attached hydrogen (secondary N) is 1. The van der Waals surface area contributed by atoms with Crippen molar-refractivity contribution in [2.24, 2.45) is 0 Å². The first-order chi connectivity index (χ1) is 8.91. The quantitative estimate of drug-likeness (QED) is 0.904. The molecular weight excluding hydrogens is 255 g/mol. The molecule has 0 saturated heterocycles. The van der Waals surface area contributed by atoms with Crippen molar-refractivity contribution in [2.75, 3.05) is 12.4 Å². The van der Waals surface area contributed by atoms with Gasteiger partial charge in [-0.2, -0.15) is 13.2 Å². The molecule has 0 aliphatic carbocycles. The highest BCUT2D eigenvalue weighted by molar-refractivity contribution is 5.64. The van der Waals surface area contributed by atoms with Crippen molar-refractivity contribution in [3.05, 3.63) is 41.6 Å². The molecule has 0 aliphatic rings. The van der Waals surface area contributed by atoms with E-state index in [9.17, 15) is 13.2 Å². The third-order valence-electron chi connectivity index (χ3n) is 2.66. The van der Waals surface area contributed by atoms with Crippen molar-refractivity contribution >= 4 is 5.95 Å². The van der Waals surface area contributed by atoms with Crippen LogP contribution in [0, 0.1) is 6.92 Å². The van der Waals surface area contributed by atoms with Crippen LogP contribution in [0.25, 0.3) is 11.3 Å². The molecule has 1 aromatic carbocycles. The molecule has 0 bridgehead atoms. The zero-order valence-electron chi connectivity index (χ0n) is 10.4. The number of halogens is 3. The lowest BCUT2D eigenvalue weighted by molar-refractivity contribution is -0.137. The minimum absolute atomic E-state index is 0.373. The van der Waals surface area contributed by atoms with Gasteiger partial charge in [0.2, 0.25) is 5.95 Å². The van der Waals surface area contributed by atoms with E-state index in [1.54, 1.807) is 26.2 Å². The van der Waals surface area contributed by atoms with Crippen LogP contribution in [0.1, 0.15) is 11.1 Å². The Morgan fingerprint density at radius 2 is 1.95 bits per heavy atom. The summed E-state index contributed by atoms with van der Waals surface area (Å²) in [5, 5.41) is 2.76. The van der Waals surface area contributed by atoms with E-state index in [4.69, 9.17) is 0 Å². The standard InChI is InChI=1S/C13H12F3N3/c1-8-7-18-12(17-2)19-11(8)9-4-3-5-10(6-9)13(14,15)16/h3-7H,1-2H3,(H,17,18,19). The van der Waals surface area contributed by atoms with E-state index in [0.717, 1.165) is 17.7 Å². The fraction of sp³-hybridized carbons (Fsp3) is 0.231. The first-order valence-corrected chi connectivity index (χ1v) is 5.61. The average Bonchev–Trinajstić information content (AvgIpc) is 2.38. The Morgan fingerprint density at radius 3 is 2.58 bits per heavy atom. The molecule has 3 nitrogen and oxygen atoms in total. The van der Waals surface area contributed by atoms with Crippen molar-refractivity contribution in [3.63, 3.8) is 0 Å². The lowest BCUT2D eigenvalue weighted by Gasteiger charge is -2.10. The second-order valence-corrected chi connectivity index (χ2v) is 4.05. The number of aryl methyl sites for hydroxylation is 1. The highest BCUT2D eigenvalue weighted by atomic mass is 19.4. The SMILES string of the molecule is CNc1ncc(C)c(-c2cccc(C(F)(F)F)c2)n1. The van der Waals surface area contributed by atoms with Gasteiger partial charge in [0.1, 0.15) is 0 Å². The molecule has 1 aromatic heterocycles. The van der Waals surface area contributed by atoms with Gasteiger partial charge in [-0.25, -0.2) is 9.97 Å². The van der Waals surface area contributed by atoms with Crippen LogP contribution in [-0.2, 0) is 6.18 Å². The fourth-order valence-corrected chi connectivity index (χ4v) is 1.70. The summed E-state index contributed by atoms with van der Waals surface area (Å²) in [6.45, 7) is 1.76. The van der Waals surface area contributed by atoms with Gasteiger partial charge in [0.05, 0.1) is 11.3 Å². The predicted molar refractivity (Wildman–Crippen MR) is 66.8 cm³/mol. The van der Waals surface area contributed by atoms with Crippen LogP contribution in [0.2, 0.25) is 0 Å². The van der Waals surface area contributed by atoms with Crippen molar-refractivity contribution in [3.8, 4) is 11.3 Å². The number of nitrogens with zero attached hydrogens (tertiary/aromatic N) is 2. The van der Waals surface area contributed by atoms with Gasteiger partial charge in [-0.05, 0) is 24.6 Å². The number of hydrogen-bond donors (Lipinski definition) is 1. The summed E-state index contributed by atoms with van der Waals surface area (Å²) < 4.78 is 38.1. The maximum atomic E-state index is 12.7. The zero-order chi connectivity index (χ0) is 14.0. The first kappa shape index (κ1) is 13.3. The maximum Gasteiger partial charge on any atom is 0.416 e. The summed E-state index contributed by atoms with van der Waals surface area (Å²) in [7, 11) is 1.65. The van der Waals surface area contributed by atoms with Gasteiger partial charge in [-0.1, -0.05) is 12.1 Å². The van der Waals surface area contributed by atoms with E-state index in [1.807, 2.05) is 0 Å². The molecule has 1 N–H and O–H groups in total. The molecule has 0 radical (unpaired) electrons. The summed E-state index contributed by atoms with van der Waals surface area (Å²) in [4.78, 5) is 8.20. The van der Waals surface area contributed by atoms with Crippen molar-refractivity contribution < 1.29 is 13.2 Å².